The Balaban J connectivity index is 2.13. The number of likely N-dealkylation sites (N-methyl/N-ethyl adjacent to an activating group) is 1. The third-order valence-electron chi connectivity index (χ3n) is 2.79. The third kappa shape index (κ3) is 3.27. The molecule has 0 radical (unpaired) electrons. The average Bonchev–Trinajstić information content (AvgIpc) is 2.81. The van der Waals surface area contributed by atoms with E-state index in [4.69, 9.17) is 9.47 Å². The van der Waals surface area contributed by atoms with Crippen LogP contribution in [0.25, 0.3) is 5.52 Å². The highest BCUT2D eigenvalue weighted by Crippen LogP contribution is 2.17. The molecular weight excluding hydrogens is 258 g/mol. The number of aromatic nitrogens is 2. The molecule has 0 N–H and O–H groups in total. The quantitative estimate of drug-likeness (QED) is 0.748. The average molecular weight is 277 g/mol. The molecule has 0 saturated heterocycles. The van der Waals surface area contributed by atoms with E-state index in [-0.39, 0.29) is 5.97 Å². The van der Waals surface area contributed by atoms with Crippen molar-refractivity contribution >= 4 is 11.5 Å². The fourth-order valence-corrected chi connectivity index (χ4v) is 1.76. The standard InChI is InChI=1S/C14H19N3O3/c1-4-19-14(18)12-9-15-17-10-11(5-6-13(12)17)20-8-7-16(2)3/h5-6,9-10H,4,7-8H2,1-3H3. The van der Waals surface area contributed by atoms with Gasteiger partial charge in [-0.05, 0) is 33.2 Å². The highest BCUT2D eigenvalue weighted by atomic mass is 16.5. The first-order valence-electron chi connectivity index (χ1n) is 6.54. The summed E-state index contributed by atoms with van der Waals surface area (Å²) in [6.07, 6.45) is 3.27. The van der Waals surface area contributed by atoms with Gasteiger partial charge < -0.3 is 14.4 Å². The van der Waals surface area contributed by atoms with Crippen molar-refractivity contribution in [3.63, 3.8) is 0 Å². The largest absolute Gasteiger partial charge is 0.491 e. The predicted octanol–water partition coefficient (Wildman–Crippen LogP) is 1.45. The van der Waals surface area contributed by atoms with E-state index in [0.717, 1.165) is 12.3 Å². The molecule has 0 aliphatic rings. The minimum Gasteiger partial charge on any atom is -0.491 e. The molecule has 0 amide bonds. The van der Waals surface area contributed by atoms with Crippen molar-refractivity contribution in [1.82, 2.24) is 14.5 Å². The van der Waals surface area contributed by atoms with Gasteiger partial charge in [-0.1, -0.05) is 0 Å². The molecule has 0 aromatic carbocycles. The molecule has 2 aromatic heterocycles. The fraction of sp³-hybridized carbons (Fsp3) is 0.429. The Morgan fingerprint density at radius 3 is 2.90 bits per heavy atom. The summed E-state index contributed by atoms with van der Waals surface area (Å²) in [5.41, 5.74) is 1.18. The first-order chi connectivity index (χ1) is 9.61. The second kappa shape index (κ2) is 6.38. The minimum absolute atomic E-state index is 0.349. The zero-order valence-electron chi connectivity index (χ0n) is 12.0. The van der Waals surface area contributed by atoms with Gasteiger partial charge in [0, 0.05) is 6.54 Å². The van der Waals surface area contributed by atoms with Crippen LogP contribution in [0.1, 0.15) is 17.3 Å². The number of carbonyl (C=O) groups excluding carboxylic acids is 1. The first kappa shape index (κ1) is 14.3. The van der Waals surface area contributed by atoms with Crippen molar-refractivity contribution in [3.8, 4) is 5.75 Å². The van der Waals surface area contributed by atoms with Crippen LogP contribution in [0.15, 0.2) is 24.5 Å². The lowest BCUT2D eigenvalue weighted by Gasteiger charge is -2.11. The zero-order chi connectivity index (χ0) is 14.5. The molecule has 0 atom stereocenters. The van der Waals surface area contributed by atoms with Gasteiger partial charge in [0.25, 0.3) is 0 Å². The predicted molar refractivity (Wildman–Crippen MR) is 75.2 cm³/mol. The monoisotopic (exact) mass is 277 g/mol. The van der Waals surface area contributed by atoms with Gasteiger partial charge in [0.2, 0.25) is 0 Å². The summed E-state index contributed by atoms with van der Waals surface area (Å²) in [5.74, 6) is 0.363. The van der Waals surface area contributed by atoms with E-state index < -0.39 is 0 Å². The Bertz CT molecular complexity index is 592. The molecule has 6 nitrogen and oxygen atoms in total. The van der Waals surface area contributed by atoms with Gasteiger partial charge >= 0.3 is 5.97 Å². The van der Waals surface area contributed by atoms with E-state index in [1.165, 1.54) is 6.20 Å². The van der Waals surface area contributed by atoms with Crippen LogP contribution in [0.3, 0.4) is 0 Å². The summed E-state index contributed by atoms with van der Waals surface area (Å²) in [7, 11) is 3.98. The molecular formula is C14H19N3O3. The molecule has 0 fully saturated rings. The number of hydrogen-bond acceptors (Lipinski definition) is 5. The Labute approximate surface area is 117 Å². The summed E-state index contributed by atoms with van der Waals surface area (Å²) in [6.45, 7) is 3.57. The zero-order valence-corrected chi connectivity index (χ0v) is 12.0. The van der Waals surface area contributed by atoms with E-state index in [2.05, 4.69) is 5.10 Å². The number of carbonyl (C=O) groups is 1. The van der Waals surface area contributed by atoms with Gasteiger partial charge in [0.15, 0.2) is 0 Å². The van der Waals surface area contributed by atoms with Gasteiger partial charge in [-0.3, -0.25) is 0 Å². The summed E-state index contributed by atoms with van der Waals surface area (Å²) in [4.78, 5) is 13.8. The molecule has 0 saturated carbocycles. The number of esters is 1. The maximum atomic E-state index is 11.7. The van der Waals surface area contributed by atoms with Crippen LogP contribution < -0.4 is 4.74 Å². The number of pyridine rings is 1. The Kier molecular flexibility index (Phi) is 4.57. The maximum absolute atomic E-state index is 11.7. The van der Waals surface area contributed by atoms with Crippen LogP contribution in [-0.4, -0.2) is 54.3 Å². The Hall–Kier alpha value is -2.08. The number of rotatable bonds is 6. The summed E-state index contributed by atoms with van der Waals surface area (Å²) < 4.78 is 12.2. The number of ether oxygens (including phenoxy) is 2. The highest BCUT2D eigenvalue weighted by molar-refractivity contribution is 5.96. The van der Waals surface area contributed by atoms with Crippen LogP contribution in [0.4, 0.5) is 0 Å². The smallest absolute Gasteiger partial charge is 0.341 e. The molecule has 0 unspecified atom stereocenters. The molecule has 2 heterocycles. The second-order valence-electron chi connectivity index (χ2n) is 4.63. The molecule has 2 aromatic rings. The summed E-state index contributed by atoms with van der Waals surface area (Å²) in [6, 6.07) is 3.64. The first-order valence-corrected chi connectivity index (χ1v) is 6.54. The van der Waals surface area contributed by atoms with Crippen LogP contribution in [0.2, 0.25) is 0 Å². The lowest BCUT2D eigenvalue weighted by molar-refractivity contribution is 0.0528. The molecule has 20 heavy (non-hydrogen) atoms. The van der Waals surface area contributed by atoms with E-state index in [1.807, 2.05) is 31.1 Å². The van der Waals surface area contributed by atoms with Crippen LogP contribution >= 0.6 is 0 Å². The van der Waals surface area contributed by atoms with Crippen molar-refractivity contribution in [2.45, 2.75) is 6.92 Å². The van der Waals surface area contributed by atoms with Gasteiger partial charge in [-0.25, -0.2) is 9.31 Å². The number of nitrogens with zero attached hydrogens (tertiary/aromatic N) is 3. The fourth-order valence-electron chi connectivity index (χ4n) is 1.76. The molecule has 6 heteroatoms. The highest BCUT2D eigenvalue weighted by Gasteiger charge is 2.13. The van der Waals surface area contributed by atoms with E-state index in [1.54, 1.807) is 17.6 Å². The van der Waals surface area contributed by atoms with Gasteiger partial charge in [-0.2, -0.15) is 5.10 Å². The lowest BCUT2D eigenvalue weighted by Crippen LogP contribution is -2.19. The number of fused-ring (bicyclic) bond motifs is 1. The number of hydrogen-bond donors (Lipinski definition) is 0. The van der Waals surface area contributed by atoms with Gasteiger partial charge in [0.05, 0.1) is 24.5 Å². The van der Waals surface area contributed by atoms with Crippen molar-refractivity contribution in [3.05, 3.63) is 30.1 Å². The van der Waals surface area contributed by atoms with E-state index in [0.29, 0.717) is 24.3 Å². The van der Waals surface area contributed by atoms with Crippen molar-refractivity contribution in [2.75, 3.05) is 33.9 Å². The third-order valence-corrected chi connectivity index (χ3v) is 2.79. The Morgan fingerprint density at radius 1 is 1.40 bits per heavy atom. The minimum atomic E-state index is -0.358. The molecule has 108 valence electrons. The second-order valence-corrected chi connectivity index (χ2v) is 4.63. The lowest BCUT2D eigenvalue weighted by atomic mass is 10.2. The SMILES string of the molecule is CCOC(=O)c1cnn2cc(OCCN(C)C)ccc12. The van der Waals surface area contributed by atoms with Crippen molar-refractivity contribution in [1.29, 1.82) is 0 Å². The van der Waals surface area contributed by atoms with Gasteiger partial charge in [-0.15, -0.1) is 0 Å². The molecule has 2 rings (SSSR count). The van der Waals surface area contributed by atoms with Crippen molar-refractivity contribution < 1.29 is 14.3 Å². The summed E-state index contributed by atoms with van der Waals surface area (Å²) in [5, 5.41) is 4.15. The van der Waals surface area contributed by atoms with E-state index in [9.17, 15) is 4.79 Å². The topological polar surface area (TPSA) is 56.1 Å². The molecule has 0 bridgehead atoms. The van der Waals surface area contributed by atoms with Crippen LogP contribution in [-0.2, 0) is 4.74 Å². The normalized spacial score (nSPS) is 11.0. The van der Waals surface area contributed by atoms with Crippen molar-refractivity contribution in [2.24, 2.45) is 0 Å². The van der Waals surface area contributed by atoms with Gasteiger partial charge in [0.1, 0.15) is 17.9 Å². The van der Waals surface area contributed by atoms with Crippen LogP contribution in [0.5, 0.6) is 5.75 Å². The van der Waals surface area contributed by atoms with Crippen LogP contribution in [0, 0.1) is 0 Å². The molecule has 0 aliphatic carbocycles. The molecule has 0 aliphatic heterocycles. The maximum Gasteiger partial charge on any atom is 0.341 e. The molecule has 0 spiro atoms. The summed E-state index contributed by atoms with van der Waals surface area (Å²) >= 11 is 0. The van der Waals surface area contributed by atoms with E-state index >= 15 is 0 Å². The Morgan fingerprint density at radius 2 is 2.20 bits per heavy atom.